The Labute approximate surface area is 193 Å². The number of rotatable bonds is 3. The van der Waals surface area contributed by atoms with E-state index in [9.17, 15) is 22.0 Å². The first-order valence-electron chi connectivity index (χ1n) is 9.46. The summed E-state index contributed by atoms with van der Waals surface area (Å²) >= 11 is 1.61. The molecule has 2 N–H and O–H groups in total. The highest BCUT2D eigenvalue weighted by molar-refractivity contribution is 14.1. The van der Waals surface area contributed by atoms with Crippen LogP contribution in [0.15, 0.2) is 39.8 Å². The molecule has 5 nitrogen and oxygen atoms in total. The van der Waals surface area contributed by atoms with Crippen LogP contribution in [0, 0.1) is 21.0 Å². The summed E-state index contributed by atoms with van der Waals surface area (Å²) in [6.07, 6.45) is -2.59. The van der Waals surface area contributed by atoms with Crippen LogP contribution in [0.4, 0.5) is 27.6 Å². The second kappa shape index (κ2) is 8.68. The van der Waals surface area contributed by atoms with Gasteiger partial charge < -0.3 is 15.2 Å². The van der Waals surface area contributed by atoms with Crippen molar-refractivity contribution >= 4 is 34.2 Å². The van der Waals surface area contributed by atoms with E-state index >= 15 is 0 Å². The van der Waals surface area contributed by atoms with Crippen LogP contribution in [0.2, 0.25) is 0 Å². The molecule has 0 spiro atoms. The summed E-state index contributed by atoms with van der Waals surface area (Å²) in [4.78, 5) is 5.89. The quantitative estimate of drug-likeness (QED) is 0.193. The highest BCUT2D eigenvalue weighted by Gasteiger charge is 2.31. The number of aliphatic imine (C=N–C) groups is 1. The van der Waals surface area contributed by atoms with Gasteiger partial charge in [-0.1, -0.05) is 5.16 Å². The number of hydrogen-bond acceptors (Lipinski definition) is 3. The second-order valence-corrected chi connectivity index (χ2v) is 8.51. The Balaban J connectivity index is 1.68. The van der Waals surface area contributed by atoms with Crippen molar-refractivity contribution in [3.05, 3.63) is 68.2 Å². The SMILES string of the molecule is CC1Cc2noc(-c3ccc(F)cc3F)c2CN1C(N)=Nc1cc(I)c(F)c(C(F)F)c1. The van der Waals surface area contributed by atoms with Crippen molar-refractivity contribution in [1.82, 2.24) is 10.1 Å². The van der Waals surface area contributed by atoms with Crippen molar-refractivity contribution in [1.29, 1.82) is 0 Å². The van der Waals surface area contributed by atoms with Gasteiger partial charge in [-0.2, -0.15) is 0 Å². The lowest BCUT2D eigenvalue weighted by Crippen LogP contribution is -2.46. The van der Waals surface area contributed by atoms with Gasteiger partial charge in [0.2, 0.25) is 0 Å². The van der Waals surface area contributed by atoms with Gasteiger partial charge in [-0.25, -0.2) is 26.9 Å². The summed E-state index contributed by atoms with van der Waals surface area (Å²) in [5.41, 5.74) is 6.72. The molecule has 4 rings (SSSR count). The molecule has 0 saturated heterocycles. The molecule has 1 unspecified atom stereocenters. The fourth-order valence-electron chi connectivity index (χ4n) is 3.59. The summed E-state index contributed by atoms with van der Waals surface area (Å²) in [6.45, 7) is 2.01. The molecule has 2 aromatic carbocycles. The predicted molar refractivity (Wildman–Crippen MR) is 116 cm³/mol. The van der Waals surface area contributed by atoms with Crippen LogP contribution < -0.4 is 5.73 Å². The third-order valence-corrected chi connectivity index (χ3v) is 5.99. The van der Waals surface area contributed by atoms with Crippen molar-refractivity contribution in [2.75, 3.05) is 0 Å². The largest absolute Gasteiger partial charge is 0.369 e. The molecular formula is C21H16F5IN4O. The van der Waals surface area contributed by atoms with Crippen LogP contribution >= 0.6 is 22.6 Å². The van der Waals surface area contributed by atoms with E-state index in [1.54, 1.807) is 27.5 Å². The zero-order valence-corrected chi connectivity index (χ0v) is 18.7. The summed E-state index contributed by atoms with van der Waals surface area (Å²) in [5, 5.41) is 4.01. The molecule has 1 atom stereocenters. The van der Waals surface area contributed by atoms with Gasteiger partial charge in [0.05, 0.1) is 32.6 Å². The number of hydrogen-bond donors (Lipinski definition) is 1. The number of nitrogens with zero attached hydrogens (tertiary/aromatic N) is 3. The van der Waals surface area contributed by atoms with E-state index in [4.69, 9.17) is 10.3 Å². The molecule has 2 heterocycles. The monoisotopic (exact) mass is 562 g/mol. The van der Waals surface area contributed by atoms with E-state index in [0.717, 1.165) is 18.2 Å². The molecule has 1 aliphatic heterocycles. The van der Waals surface area contributed by atoms with Crippen molar-refractivity contribution < 1.29 is 26.5 Å². The minimum absolute atomic E-state index is 0.00552. The van der Waals surface area contributed by atoms with Gasteiger partial charge in [0.1, 0.15) is 17.5 Å². The second-order valence-electron chi connectivity index (χ2n) is 7.34. The Morgan fingerprint density at radius 1 is 1.25 bits per heavy atom. The highest BCUT2D eigenvalue weighted by atomic mass is 127. The molecular weight excluding hydrogens is 546 g/mol. The zero-order valence-electron chi connectivity index (χ0n) is 16.6. The van der Waals surface area contributed by atoms with Crippen molar-refractivity contribution in [3.8, 4) is 11.3 Å². The van der Waals surface area contributed by atoms with Gasteiger partial charge in [0.25, 0.3) is 6.43 Å². The third kappa shape index (κ3) is 4.17. The highest BCUT2D eigenvalue weighted by Crippen LogP contribution is 2.35. The molecule has 11 heteroatoms. The first-order chi connectivity index (χ1) is 15.2. The maximum atomic E-state index is 14.3. The molecule has 32 heavy (non-hydrogen) atoms. The Hall–Kier alpha value is -2.70. The van der Waals surface area contributed by atoms with Gasteiger partial charge in [0.15, 0.2) is 11.7 Å². The van der Waals surface area contributed by atoms with Gasteiger partial charge in [-0.3, -0.25) is 0 Å². The van der Waals surface area contributed by atoms with Crippen LogP contribution in [0.25, 0.3) is 11.3 Å². The average molecular weight is 562 g/mol. The standard InChI is InChI=1S/C21H16F5IN4O/c1-9-4-17-14(19(32-30-17)12-3-2-10(22)5-15(12)23)8-31(9)21(28)29-11-6-13(20(25)26)18(24)16(27)7-11/h2-3,5-7,9,20H,4,8H2,1H3,(H2,28,29). The van der Waals surface area contributed by atoms with Crippen LogP contribution in [0.5, 0.6) is 0 Å². The van der Waals surface area contributed by atoms with Gasteiger partial charge in [0, 0.05) is 24.1 Å². The van der Waals surface area contributed by atoms with Gasteiger partial charge in [-0.15, -0.1) is 0 Å². The molecule has 168 valence electrons. The smallest absolute Gasteiger partial charge is 0.266 e. The maximum absolute atomic E-state index is 14.3. The topological polar surface area (TPSA) is 67.7 Å². The van der Waals surface area contributed by atoms with Crippen molar-refractivity contribution in [2.45, 2.75) is 32.4 Å². The molecule has 3 aromatic rings. The zero-order chi connectivity index (χ0) is 23.2. The number of aromatic nitrogens is 1. The van der Waals surface area contributed by atoms with E-state index in [0.29, 0.717) is 17.7 Å². The van der Waals surface area contributed by atoms with Crippen LogP contribution in [0.3, 0.4) is 0 Å². The Morgan fingerprint density at radius 2 is 2.00 bits per heavy atom. The predicted octanol–water partition coefficient (Wildman–Crippen LogP) is 5.69. The number of guanidine groups is 1. The van der Waals surface area contributed by atoms with E-state index in [-0.39, 0.29) is 39.1 Å². The van der Waals surface area contributed by atoms with Crippen LogP contribution in [-0.2, 0) is 13.0 Å². The molecule has 0 amide bonds. The lowest BCUT2D eigenvalue weighted by molar-refractivity contribution is 0.146. The molecule has 0 aliphatic carbocycles. The van der Waals surface area contributed by atoms with E-state index in [2.05, 4.69) is 10.1 Å². The number of nitrogens with two attached hydrogens (primary N) is 1. The summed E-state index contributed by atoms with van der Waals surface area (Å²) < 4.78 is 73.1. The number of benzene rings is 2. The molecule has 0 radical (unpaired) electrons. The Kier molecular flexibility index (Phi) is 6.10. The first-order valence-corrected chi connectivity index (χ1v) is 10.5. The molecule has 1 aliphatic rings. The van der Waals surface area contributed by atoms with E-state index < -0.39 is 29.4 Å². The summed E-state index contributed by atoms with van der Waals surface area (Å²) in [5.74, 6) is -2.35. The third-order valence-electron chi connectivity index (χ3n) is 5.21. The maximum Gasteiger partial charge on any atom is 0.266 e. The Bertz CT molecular complexity index is 1210. The fourth-order valence-corrected chi connectivity index (χ4v) is 4.22. The number of halogens is 6. The van der Waals surface area contributed by atoms with Crippen LogP contribution in [-0.4, -0.2) is 22.1 Å². The van der Waals surface area contributed by atoms with Gasteiger partial charge in [-0.05, 0) is 53.8 Å². The average Bonchev–Trinajstić information content (AvgIpc) is 3.12. The number of fused-ring (bicyclic) bond motifs is 1. The molecule has 0 saturated carbocycles. The molecule has 0 bridgehead atoms. The lowest BCUT2D eigenvalue weighted by atomic mass is 9.97. The molecule has 1 aromatic heterocycles. The first kappa shape index (κ1) is 22.5. The minimum Gasteiger partial charge on any atom is -0.369 e. The van der Waals surface area contributed by atoms with E-state index in [1.807, 2.05) is 6.92 Å². The van der Waals surface area contributed by atoms with Crippen LogP contribution in [0.1, 0.15) is 30.2 Å². The Morgan fingerprint density at radius 3 is 2.69 bits per heavy atom. The fraction of sp³-hybridized carbons (Fsp3) is 0.238. The van der Waals surface area contributed by atoms with Gasteiger partial charge >= 0.3 is 0 Å². The normalized spacial score (nSPS) is 16.6. The summed E-state index contributed by atoms with van der Waals surface area (Å²) in [6, 6.07) is 5.21. The molecule has 0 fully saturated rings. The van der Waals surface area contributed by atoms with E-state index in [1.165, 1.54) is 12.1 Å². The lowest BCUT2D eigenvalue weighted by Gasteiger charge is -2.33. The summed E-state index contributed by atoms with van der Waals surface area (Å²) in [7, 11) is 0. The minimum atomic E-state index is -3.00. The van der Waals surface area contributed by atoms with Crippen molar-refractivity contribution in [2.24, 2.45) is 10.7 Å². The number of alkyl halides is 2. The van der Waals surface area contributed by atoms with Crippen molar-refractivity contribution in [3.63, 3.8) is 0 Å².